The van der Waals surface area contributed by atoms with Crippen LogP contribution in [0.1, 0.15) is 152 Å². The lowest BCUT2D eigenvalue weighted by Gasteiger charge is -2.50. The minimum Gasteiger partial charge on any atom is -0.504 e. The molecular formula is C70H94N6O11. The van der Waals surface area contributed by atoms with Crippen LogP contribution in [0.5, 0.6) is 5.75 Å². The van der Waals surface area contributed by atoms with Gasteiger partial charge in [-0.15, -0.1) is 0 Å². The number of aromatic amines is 1. The summed E-state index contributed by atoms with van der Waals surface area (Å²) < 4.78 is 16.3. The van der Waals surface area contributed by atoms with E-state index in [0.29, 0.717) is 41.4 Å². The number of aromatic nitrogens is 1. The van der Waals surface area contributed by atoms with Gasteiger partial charge in [0.15, 0.2) is 5.78 Å². The lowest BCUT2D eigenvalue weighted by atomic mass is 9.70. The highest BCUT2D eigenvalue weighted by Gasteiger charge is 2.59. The van der Waals surface area contributed by atoms with E-state index in [1.54, 1.807) is 26.9 Å². The van der Waals surface area contributed by atoms with E-state index in [1.807, 2.05) is 43.7 Å². The summed E-state index contributed by atoms with van der Waals surface area (Å²) in [4.78, 5) is 78.8. The maximum absolute atomic E-state index is 13.5. The molecule has 5 saturated heterocycles. The van der Waals surface area contributed by atoms with Gasteiger partial charge in [-0.3, -0.25) is 24.5 Å². The molecule has 17 heteroatoms. The number of H-pyrrole nitrogens is 1. The topological polar surface area (TPSA) is 217 Å². The molecule has 0 saturated carbocycles. The highest BCUT2D eigenvalue weighted by molar-refractivity contribution is 6.15. The van der Waals surface area contributed by atoms with Crippen molar-refractivity contribution < 1.29 is 52.9 Å². The molecule has 5 fully saturated rings. The summed E-state index contributed by atoms with van der Waals surface area (Å²) in [6.07, 6.45) is 16.5. The fourth-order valence-electron chi connectivity index (χ4n) is 16.2. The largest absolute Gasteiger partial charge is 0.504 e. The number of allylic oxidation sites excluding steroid dienone is 4. The standard InChI is InChI=1S/2C22H30N2O2.C22H30N2O.3CO2.CH4/c1-5-16-12-24-10-9-22(19(24)11-17(16)15(3)13-26-4)21(25)20-14(2)7-6-8-18(20)23-22;1-5-16-12-24-10-9-22(25)20-14(2)7-6-8-18(20)23-21(22)19(24)11-17(16)15(3)13-26-4;1-5-14(3)17-12-19-22-16(10-11-24(19)13-15(17)6-2)21-18(23-22)8-7-9-20(21)25-4;3*2-1-3;/h6-8,13,16-17,19,23H,5,9-12H2,1-4H3;6-8,13,16-17,19,25H,5,9-12H2,1-4H3;5,7-9,15,17,19,23H,6,10-13H2,1-4H3;;;;1H4/b2*15-13-;14-5-;;;;/t2*16-,17-,19+,22+;15-,17-,19+;;;;/m111..../s1. The van der Waals surface area contributed by atoms with E-state index in [9.17, 15) is 9.90 Å². The number of aliphatic hydroxyl groups is 1. The Bertz CT molecular complexity index is 3240. The van der Waals surface area contributed by atoms with Crippen molar-refractivity contribution in [3.63, 3.8) is 0 Å². The van der Waals surface area contributed by atoms with E-state index >= 15 is 0 Å². The highest BCUT2D eigenvalue weighted by Crippen LogP contribution is 2.52. The molecular weight excluding hydrogens is 1100 g/mol. The number of ketones is 1. The van der Waals surface area contributed by atoms with E-state index < -0.39 is 11.1 Å². The first-order valence-electron chi connectivity index (χ1n) is 30.7. The van der Waals surface area contributed by atoms with Crippen molar-refractivity contribution in [1.29, 1.82) is 0 Å². The highest BCUT2D eigenvalue weighted by atomic mass is 16.5. The van der Waals surface area contributed by atoms with Gasteiger partial charge < -0.3 is 29.6 Å². The van der Waals surface area contributed by atoms with Gasteiger partial charge >= 0.3 is 18.5 Å². The number of piperidine rings is 4. The van der Waals surface area contributed by atoms with Crippen LogP contribution in [0.4, 0.5) is 11.4 Å². The average Bonchev–Trinajstić information content (AvgIpc) is 1.64. The van der Waals surface area contributed by atoms with Crippen molar-refractivity contribution in [2.24, 2.45) is 40.5 Å². The van der Waals surface area contributed by atoms with Crippen LogP contribution in [0.2, 0.25) is 0 Å². The van der Waals surface area contributed by atoms with E-state index in [0.717, 1.165) is 116 Å². The lowest BCUT2D eigenvalue weighted by molar-refractivity contribution is -0.193. The first-order valence-corrected chi connectivity index (χ1v) is 30.7. The van der Waals surface area contributed by atoms with E-state index in [4.69, 9.17) is 48.0 Å². The molecule has 1 aromatic heterocycles. The number of methoxy groups -OCH3 is 3. The number of aryl methyl sites for hydroxylation is 2. The molecule has 3 N–H and O–H groups in total. The SMILES string of the molecule is C.C/C=C(/C)[C@H]1C[C@H]2c3[nH]c4cccc(OC)c4c3CCN2C[C@H]1CC.CC[C@@H]1CN2CC[C@@]3(O)C(=Nc4cccc(C)c43)[C@@H]2C[C@@H]1/C(C)=C\OC.CC[C@@H]1CN2CC[C@]3(Nc4cccc(C)c4C3=O)[C@@H]2C[C@@H]1/C(C)=C\OC.O=C=O.O=C=O.O=C=O. The van der Waals surface area contributed by atoms with Crippen LogP contribution in [0, 0.1) is 49.4 Å². The summed E-state index contributed by atoms with van der Waals surface area (Å²) in [6.45, 7) is 26.4. The third-order valence-corrected chi connectivity index (χ3v) is 20.4. The number of carbonyl (C=O) groups is 1. The number of nitrogens with one attached hydrogen (secondary N) is 2. The van der Waals surface area contributed by atoms with Crippen molar-refractivity contribution in [3.8, 4) is 5.75 Å². The van der Waals surface area contributed by atoms with Gasteiger partial charge in [0.2, 0.25) is 0 Å². The number of hydrogen-bond acceptors (Lipinski definition) is 16. The Labute approximate surface area is 515 Å². The molecule has 8 aliphatic rings. The van der Waals surface area contributed by atoms with E-state index in [2.05, 4.69) is 117 Å². The Balaban J connectivity index is 0.000000194. The fraction of sp³-hybridized carbons (Fsp3) is 0.557. The van der Waals surface area contributed by atoms with Crippen LogP contribution in [-0.2, 0) is 50.3 Å². The third-order valence-electron chi connectivity index (χ3n) is 20.4. The van der Waals surface area contributed by atoms with E-state index in [1.165, 1.54) is 65.7 Å². The normalized spacial score (nSPS) is 28.4. The summed E-state index contributed by atoms with van der Waals surface area (Å²) >= 11 is 0. The number of fused-ring (bicyclic) bond motifs is 13. The Morgan fingerprint density at radius 3 is 1.80 bits per heavy atom. The number of nitrogens with zero attached hydrogens (tertiary/aromatic N) is 4. The summed E-state index contributed by atoms with van der Waals surface area (Å²) in [6, 6.07) is 19.7. The molecule has 87 heavy (non-hydrogen) atoms. The molecule has 0 radical (unpaired) electrons. The van der Waals surface area contributed by atoms with Gasteiger partial charge in [0.05, 0.1) is 57.3 Å². The Morgan fingerprint density at radius 2 is 1.23 bits per heavy atom. The Kier molecular flexibility index (Phi) is 24.4. The molecule has 12 rings (SSSR count). The first-order chi connectivity index (χ1) is 41.4. The van der Waals surface area contributed by atoms with Crippen LogP contribution in [0.15, 0.2) is 94.9 Å². The van der Waals surface area contributed by atoms with Crippen molar-refractivity contribution >= 4 is 52.2 Å². The summed E-state index contributed by atoms with van der Waals surface area (Å²) in [5, 5.41) is 16.6. The fourth-order valence-corrected chi connectivity index (χ4v) is 16.2. The number of Topliss-reactive ketones (excluding diaryl/α,β-unsaturated/α-hetero) is 1. The summed E-state index contributed by atoms with van der Waals surface area (Å²) in [7, 11) is 5.22. The van der Waals surface area contributed by atoms with Gasteiger partial charge in [-0.05, 0) is 168 Å². The van der Waals surface area contributed by atoms with Crippen molar-refractivity contribution in [3.05, 3.63) is 123 Å². The minimum atomic E-state index is -0.885. The third kappa shape index (κ3) is 13.7. The van der Waals surface area contributed by atoms with Gasteiger partial charge in [0, 0.05) is 78.7 Å². The van der Waals surface area contributed by atoms with Gasteiger partial charge in [-0.2, -0.15) is 28.8 Å². The van der Waals surface area contributed by atoms with Crippen LogP contribution in [0.25, 0.3) is 10.9 Å². The molecule has 1 spiro atoms. The summed E-state index contributed by atoms with van der Waals surface area (Å²) in [5.74, 6) is 5.03. The monoisotopic (exact) mass is 1190 g/mol. The quantitative estimate of drug-likeness (QED) is 0.105. The lowest BCUT2D eigenvalue weighted by Crippen LogP contribution is -2.60. The molecule has 0 unspecified atom stereocenters. The Morgan fingerprint density at radius 1 is 0.701 bits per heavy atom. The van der Waals surface area contributed by atoms with Crippen molar-refractivity contribution in [2.75, 3.05) is 65.9 Å². The minimum absolute atomic E-state index is 0. The zero-order chi connectivity index (χ0) is 62.6. The molecule has 4 aromatic rings. The average molecular weight is 1200 g/mol. The molecule has 470 valence electrons. The number of carbonyl (C=O) groups excluding carboxylic acids is 7. The van der Waals surface area contributed by atoms with Gasteiger partial charge in [0.1, 0.15) is 16.9 Å². The molecule has 17 nitrogen and oxygen atoms in total. The number of benzene rings is 3. The Hall–Kier alpha value is -7.06. The molecule has 8 aliphatic heterocycles. The predicted octanol–water partition coefficient (Wildman–Crippen LogP) is 11.9. The maximum atomic E-state index is 13.5. The van der Waals surface area contributed by atoms with Crippen LogP contribution >= 0.6 is 0 Å². The molecule has 0 aliphatic carbocycles. The van der Waals surface area contributed by atoms with Gasteiger partial charge in [0.25, 0.3) is 0 Å². The number of hydrogen-bond donors (Lipinski definition) is 3. The number of ether oxygens (including phenoxy) is 3. The second kappa shape index (κ2) is 30.7. The smallest absolute Gasteiger partial charge is 0.373 e. The van der Waals surface area contributed by atoms with Crippen molar-refractivity contribution in [2.45, 2.75) is 157 Å². The number of rotatable bonds is 9. The molecule has 0 amide bonds. The first kappa shape index (κ1) is 69.0. The second-order valence-corrected chi connectivity index (χ2v) is 24.4. The molecule has 3 aromatic carbocycles. The molecule has 9 heterocycles. The maximum Gasteiger partial charge on any atom is 0.373 e. The van der Waals surface area contributed by atoms with Crippen LogP contribution < -0.4 is 10.1 Å². The molecule has 11 atom stereocenters. The van der Waals surface area contributed by atoms with Crippen LogP contribution in [-0.4, -0.2) is 133 Å². The number of anilines is 1. The predicted molar refractivity (Wildman–Crippen MR) is 335 cm³/mol. The van der Waals surface area contributed by atoms with Crippen molar-refractivity contribution in [1.82, 2.24) is 19.7 Å². The number of aliphatic imine (C=N–C) groups is 1. The second-order valence-electron chi connectivity index (χ2n) is 24.4. The van der Waals surface area contributed by atoms with Gasteiger partial charge in [-0.1, -0.05) is 89.4 Å². The zero-order valence-corrected chi connectivity index (χ0v) is 52.5. The van der Waals surface area contributed by atoms with Crippen LogP contribution in [0.3, 0.4) is 0 Å². The van der Waals surface area contributed by atoms with Gasteiger partial charge in [-0.25, -0.2) is 0 Å². The van der Waals surface area contributed by atoms with E-state index in [-0.39, 0.29) is 38.0 Å². The summed E-state index contributed by atoms with van der Waals surface area (Å²) in [5.41, 5.74) is 14.1. The zero-order valence-electron chi connectivity index (χ0n) is 52.5. The molecule has 0 bridgehead atoms.